The van der Waals surface area contributed by atoms with E-state index in [0.717, 1.165) is 0 Å². The van der Waals surface area contributed by atoms with Gasteiger partial charge in [0.05, 0.1) is 6.54 Å². The van der Waals surface area contributed by atoms with Crippen molar-refractivity contribution in [1.82, 2.24) is 16.0 Å². The average Bonchev–Trinajstić information content (AvgIpc) is 2.56. The summed E-state index contributed by atoms with van der Waals surface area (Å²) < 4.78 is 11.9. The van der Waals surface area contributed by atoms with E-state index < -0.39 is 37.0 Å². The van der Waals surface area contributed by atoms with Crippen LogP contribution in [-0.2, 0) is 14.4 Å². The van der Waals surface area contributed by atoms with Gasteiger partial charge in [-0.15, -0.1) is 0 Å². The number of amides is 3. The Balaban J connectivity index is 2.68. The lowest BCUT2D eigenvalue weighted by Gasteiger charge is -2.18. The number of benzene rings is 1. The molecule has 0 saturated heterocycles. The molecule has 0 aliphatic rings. The minimum atomic E-state index is -1.03. The first-order valence-corrected chi connectivity index (χ1v) is 6.64. The molecule has 3 amide bonds. The highest BCUT2D eigenvalue weighted by Crippen LogP contribution is 2.12. The molecule has 0 heterocycles. The van der Waals surface area contributed by atoms with Crippen LogP contribution in [0.2, 0.25) is 0 Å². The molecule has 120 valence electrons. The summed E-state index contributed by atoms with van der Waals surface area (Å²) in [6, 6.07) is 7.35. The van der Waals surface area contributed by atoms with E-state index in [-0.39, 0.29) is 13.1 Å². The van der Waals surface area contributed by atoms with E-state index in [0.29, 0.717) is 5.56 Å². The number of halogens is 1. The lowest BCUT2D eigenvalue weighted by Crippen LogP contribution is -2.44. The van der Waals surface area contributed by atoms with Crippen molar-refractivity contribution < 1.29 is 23.9 Å². The molecule has 1 aromatic carbocycles. The molecule has 0 aliphatic heterocycles. The second-order valence-electron chi connectivity index (χ2n) is 4.33. The van der Waals surface area contributed by atoms with Crippen molar-refractivity contribution in [3.8, 4) is 0 Å². The summed E-state index contributed by atoms with van der Waals surface area (Å²) in [7, 11) is 0. The number of aliphatic hydroxyl groups is 1. The molecule has 0 radical (unpaired) electrons. The van der Waals surface area contributed by atoms with Crippen LogP contribution in [0, 0.1) is 0 Å². The van der Waals surface area contributed by atoms with Gasteiger partial charge in [-0.1, -0.05) is 30.3 Å². The van der Waals surface area contributed by atoms with Crippen LogP contribution in [0.3, 0.4) is 0 Å². The molecular formula is C14H18FN3O4. The molecule has 0 saturated carbocycles. The van der Waals surface area contributed by atoms with Gasteiger partial charge in [-0.3, -0.25) is 14.4 Å². The highest BCUT2D eigenvalue weighted by molar-refractivity contribution is 5.91. The summed E-state index contributed by atoms with van der Waals surface area (Å²) in [6.45, 7) is -1.91. The van der Waals surface area contributed by atoms with Crippen LogP contribution in [-0.4, -0.2) is 49.2 Å². The van der Waals surface area contributed by atoms with Gasteiger partial charge in [-0.05, 0) is 5.56 Å². The maximum absolute atomic E-state index is 12.1. The smallest absolute Gasteiger partial charge is 0.247 e. The van der Waals surface area contributed by atoms with Crippen LogP contribution in [0.25, 0.3) is 0 Å². The van der Waals surface area contributed by atoms with Crippen molar-refractivity contribution >= 4 is 17.7 Å². The van der Waals surface area contributed by atoms with Gasteiger partial charge in [0.2, 0.25) is 17.7 Å². The predicted octanol–water partition coefficient (Wildman–Crippen LogP) is -0.962. The Bertz CT molecular complexity index is 510. The van der Waals surface area contributed by atoms with Gasteiger partial charge in [0, 0.05) is 6.54 Å². The van der Waals surface area contributed by atoms with Crippen molar-refractivity contribution in [3.63, 3.8) is 0 Å². The van der Waals surface area contributed by atoms with Gasteiger partial charge in [0.1, 0.15) is 19.3 Å². The van der Waals surface area contributed by atoms with Gasteiger partial charge in [-0.25, -0.2) is 4.39 Å². The lowest BCUT2D eigenvalue weighted by molar-refractivity contribution is -0.131. The lowest BCUT2D eigenvalue weighted by atomic mass is 10.1. The second kappa shape index (κ2) is 9.46. The molecule has 4 N–H and O–H groups in total. The first-order valence-electron chi connectivity index (χ1n) is 6.64. The third-order valence-corrected chi connectivity index (χ3v) is 2.68. The van der Waals surface area contributed by atoms with E-state index in [2.05, 4.69) is 16.0 Å². The largest absolute Gasteiger partial charge is 0.387 e. The normalized spacial score (nSPS) is 11.4. The van der Waals surface area contributed by atoms with Crippen molar-refractivity contribution in [1.29, 1.82) is 0 Å². The quantitative estimate of drug-likeness (QED) is 0.496. The third-order valence-electron chi connectivity index (χ3n) is 2.68. The van der Waals surface area contributed by atoms with Crippen LogP contribution in [0.5, 0.6) is 0 Å². The summed E-state index contributed by atoms with van der Waals surface area (Å²) >= 11 is 0. The zero-order valence-corrected chi connectivity index (χ0v) is 11.8. The zero-order chi connectivity index (χ0) is 16.4. The van der Waals surface area contributed by atoms with Crippen molar-refractivity contribution in [2.45, 2.75) is 6.04 Å². The molecule has 0 aromatic heterocycles. The number of hydrogen-bond acceptors (Lipinski definition) is 4. The fourth-order valence-corrected chi connectivity index (χ4v) is 1.67. The molecule has 8 heteroatoms. The molecule has 0 unspecified atom stereocenters. The molecule has 0 aliphatic carbocycles. The monoisotopic (exact) mass is 311 g/mol. The van der Waals surface area contributed by atoms with E-state index in [1.54, 1.807) is 30.3 Å². The Morgan fingerprint density at radius 3 is 2.36 bits per heavy atom. The molecule has 0 bridgehead atoms. The van der Waals surface area contributed by atoms with Crippen LogP contribution >= 0.6 is 0 Å². The standard InChI is InChI=1S/C14H18FN3O4/c15-6-7-16-11(20)8-17-14(22)13(18-12(21)9-19)10-4-2-1-3-5-10/h1-5,13,19H,6-9H2,(H,16,20)(H,17,22)(H,18,21)/t13-/m1/s1. The fraction of sp³-hybridized carbons (Fsp3) is 0.357. The average molecular weight is 311 g/mol. The van der Waals surface area contributed by atoms with Crippen molar-refractivity contribution in [2.24, 2.45) is 0 Å². The molecule has 0 fully saturated rings. The Hall–Kier alpha value is -2.48. The molecule has 1 atom stereocenters. The van der Waals surface area contributed by atoms with Gasteiger partial charge < -0.3 is 21.1 Å². The van der Waals surface area contributed by atoms with E-state index in [1.165, 1.54) is 0 Å². The molecule has 1 aromatic rings. The van der Waals surface area contributed by atoms with Gasteiger partial charge in [0.15, 0.2) is 0 Å². The number of rotatable bonds is 8. The number of alkyl halides is 1. The third kappa shape index (κ3) is 5.88. The van der Waals surface area contributed by atoms with Gasteiger partial charge >= 0.3 is 0 Å². The molecule has 22 heavy (non-hydrogen) atoms. The van der Waals surface area contributed by atoms with Gasteiger partial charge in [0.25, 0.3) is 0 Å². The first kappa shape index (κ1) is 17.6. The summed E-state index contributed by atoms with van der Waals surface area (Å²) in [6.07, 6.45) is 0. The molecule has 0 spiro atoms. The van der Waals surface area contributed by atoms with Crippen LogP contribution in [0.4, 0.5) is 4.39 Å². The van der Waals surface area contributed by atoms with Gasteiger partial charge in [-0.2, -0.15) is 0 Å². The number of aliphatic hydroxyl groups excluding tert-OH is 1. The zero-order valence-electron chi connectivity index (χ0n) is 11.8. The second-order valence-corrected chi connectivity index (χ2v) is 4.33. The van der Waals surface area contributed by atoms with Crippen molar-refractivity contribution in [3.05, 3.63) is 35.9 Å². The minimum absolute atomic E-state index is 0.127. The van der Waals surface area contributed by atoms with Crippen molar-refractivity contribution in [2.75, 3.05) is 26.4 Å². The SMILES string of the molecule is O=C(CNC(=O)[C@H](NC(=O)CO)c1ccccc1)NCCF. The number of hydrogen-bond donors (Lipinski definition) is 4. The molecule has 7 nitrogen and oxygen atoms in total. The van der Waals surface area contributed by atoms with Crippen LogP contribution in [0.15, 0.2) is 30.3 Å². The minimum Gasteiger partial charge on any atom is -0.387 e. The van der Waals surface area contributed by atoms with E-state index in [9.17, 15) is 18.8 Å². The molecule has 1 rings (SSSR count). The maximum Gasteiger partial charge on any atom is 0.247 e. The Morgan fingerprint density at radius 2 is 1.77 bits per heavy atom. The first-order chi connectivity index (χ1) is 10.6. The fourth-order valence-electron chi connectivity index (χ4n) is 1.67. The van der Waals surface area contributed by atoms with E-state index >= 15 is 0 Å². The number of carbonyl (C=O) groups is 3. The topological polar surface area (TPSA) is 108 Å². The summed E-state index contributed by atoms with van der Waals surface area (Å²) in [5.41, 5.74) is 0.506. The summed E-state index contributed by atoms with van der Waals surface area (Å²) in [5, 5.41) is 15.8. The maximum atomic E-state index is 12.1. The molecular weight excluding hydrogens is 293 g/mol. The van der Waals surface area contributed by atoms with Crippen LogP contribution < -0.4 is 16.0 Å². The highest BCUT2D eigenvalue weighted by Gasteiger charge is 2.22. The summed E-state index contributed by atoms with van der Waals surface area (Å²) in [4.78, 5) is 34.8. The van der Waals surface area contributed by atoms with E-state index in [4.69, 9.17) is 5.11 Å². The number of nitrogens with one attached hydrogen (secondary N) is 3. The predicted molar refractivity (Wildman–Crippen MR) is 76.4 cm³/mol. The summed E-state index contributed by atoms with van der Waals surface area (Å²) in [5.74, 6) is -1.86. The Labute approximate surface area is 126 Å². The van der Waals surface area contributed by atoms with E-state index in [1.807, 2.05) is 0 Å². The van der Waals surface area contributed by atoms with Crippen LogP contribution in [0.1, 0.15) is 11.6 Å². The highest BCUT2D eigenvalue weighted by atomic mass is 19.1. The Kier molecular flexibility index (Phi) is 7.55. The Morgan fingerprint density at radius 1 is 1.09 bits per heavy atom. The number of carbonyl (C=O) groups excluding carboxylic acids is 3.